The van der Waals surface area contributed by atoms with E-state index in [1.165, 1.54) is 12.0 Å². The summed E-state index contributed by atoms with van der Waals surface area (Å²) in [4.78, 5) is 13.1. The average molecular weight is 227 g/mol. The topological polar surface area (TPSA) is 70.0 Å². The fourth-order valence-corrected chi connectivity index (χ4v) is 1.91. The second kappa shape index (κ2) is 5.85. The number of terminal acetylenes is 1. The van der Waals surface area contributed by atoms with Crippen molar-refractivity contribution < 1.29 is 19.7 Å². The molecule has 1 aliphatic rings. The summed E-state index contributed by atoms with van der Waals surface area (Å²) >= 11 is 0. The largest absolute Gasteiger partial charge is 0.394 e. The number of ether oxygens (including phenoxy) is 1. The van der Waals surface area contributed by atoms with Crippen molar-refractivity contribution in [1.82, 2.24) is 4.90 Å². The van der Waals surface area contributed by atoms with Gasteiger partial charge < -0.3 is 19.8 Å². The molecule has 1 rings (SSSR count). The van der Waals surface area contributed by atoms with Gasteiger partial charge in [-0.3, -0.25) is 4.79 Å². The van der Waals surface area contributed by atoms with Crippen LogP contribution in [0.3, 0.4) is 0 Å². The molecule has 0 spiro atoms. The molecule has 5 nitrogen and oxygen atoms in total. The maximum absolute atomic E-state index is 11.6. The summed E-state index contributed by atoms with van der Waals surface area (Å²) in [5.74, 6) is 2.33. The molecule has 3 atom stereocenters. The molecule has 1 aliphatic heterocycles. The van der Waals surface area contributed by atoms with E-state index in [2.05, 4.69) is 5.92 Å². The minimum atomic E-state index is -0.964. The number of nitrogens with zero attached hydrogens (tertiary/aromatic N) is 1. The normalized spacial score (nSPS) is 26.1. The summed E-state index contributed by atoms with van der Waals surface area (Å²) in [5.41, 5.74) is 0. The Balaban J connectivity index is 2.55. The highest BCUT2D eigenvalue weighted by Crippen LogP contribution is 2.25. The number of unbranched alkanes of at least 4 members (excludes halogenated alkanes) is 1. The maximum Gasteiger partial charge on any atom is 0.254 e. The molecular weight excluding hydrogens is 210 g/mol. The molecule has 16 heavy (non-hydrogen) atoms. The van der Waals surface area contributed by atoms with Crippen molar-refractivity contribution in [2.24, 2.45) is 0 Å². The quantitative estimate of drug-likeness (QED) is 0.346. The SMILES string of the molecule is C#CCCCN1C(=O)[C@H](OC)[C@@H]1[C@H](O)CO. The smallest absolute Gasteiger partial charge is 0.254 e. The van der Waals surface area contributed by atoms with Crippen molar-refractivity contribution in [3.8, 4) is 12.3 Å². The number of carbonyl (C=O) groups is 1. The van der Waals surface area contributed by atoms with Gasteiger partial charge in [-0.25, -0.2) is 0 Å². The van der Waals surface area contributed by atoms with Gasteiger partial charge in [0.25, 0.3) is 5.91 Å². The summed E-state index contributed by atoms with van der Waals surface area (Å²) in [7, 11) is 1.42. The van der Waals surface area contributed by atoms with Crippen LogP contribution in [0.1, 0.15) is 12.8 Å². The van der Waals surface area contributed by atoms with Gasteiger partial charge in [0.1, 0.15) is 6.10 Å². The zero-order valence-corrected chi connectivity index (χ0v) is 9.30. The van der Waals surface area contributed by atoms with E-state index in [-0.39, 0.29) is 12.5 Å². The molecule has 0 aromatic carbocycles. The first-order chi connectivity index (χ1) is 7.67. The van der Waals surface area contributed by atoms with Crippen LogP contribution in [0.5, 0.6) is 0 Å². The number of aliphatic hydroxyl groups is 2. The minimum absolute atomic E-state index is 0.156. The number of hydrogen-bond donors (Lipinski definition) is 2. The van der Waals surface area contributed by atoms with Crippen molar-refractivity contribution in [2.75, 3.05) is 20.3 Å². The van der Waals surface area contributed by atoms with E-state index in [1.807, 2.05) is 0 Å². The first kappa shape index (κ1) is 13.0. The lowest BCUT2D eigenvalue weighted by Crippen LogP contribution is -2.70. The van der Waals surface area contributed by atoms with E-state index in [0.29, 0.717) is 19.4 Å². The number of hydrogen-bond acceptors (Lipinski definition) is 4. The molecule has 0 radical (unpaired) electrons. The Kier molecular flexibility index (Phi) is 4.74. The molecule has 1 amide bonds. The van der Waals surface area contributed by atoms with Gasteiger partial charge in [-0.15, -0.1) is 12.3 Å². The molecule has 0 aromatic heterocycles. The third kappa shape index (κ3) is 2.35. The van der Waals surface area contributed by atoms with Gasteiger partial charge in [-0.05, 0) is 6.42 Å². The Hall–Kier alpha value is -1.09. The molecule has 0 saturated carbocycles. The van der Waals surface area contributed by atoms with Crippen LogP contribution in [-0.2, 0) is 9.53 Å². The molecule has 2 N–H and O–H groups in total. The number of amides is 1. The summed E-state index contributed by atoms with van der Waals surface area (Å²) < 4.78 is 4.97. The predicted octanol–water partition coefficient (Wildman–Crippen LogP) is -1.02. The zero-order chi connectivity index (χ0) is 12.1. The average Bonchev–Trinajstić information content (AvgIpc) is 2.30. The van der Waals surface area contributed by atoms with Crippen molar-refractivity contribution >= 4 is 5.91 Å². The number of aliphatic hydroxyl groups excluding tert-OH is 2. The van der Waals surface area contributed by atoms with E-state index in [1.54, 1.807) is 0 Å². The highest BCUT2D eigenvalue weighted by atomic mass is 16.5. The molecule has 0 aliphatic carbocycles. The van der Waals surface area contributed by atoms with E-state index in [0.717, 1.165) is 0 Å². The third-order valence-electron chi connectivity index (χ3n) is 2.75. The van der Waals surface area contributed by atoms with Crippen molar-refractivity contribution in [3.63, 3.8) is 0 Å². The summed E-state index contributed by atoms with van der Waals surface area (Å²) in [6.45, 7) is 0.105. The standard InChI is InChI=1S/C11H17NO4/c1-3-4-5-6-12-9(8(14)7-13)10(16-2)11(12)15/h1,8-10,13-14H,4-7H2,2H3/t8-,9+,10-/m1/s1. The van der Waals surface area contributed by atoms with Crippen LogP contribution >= 0.6 is 0 Å². The van der Waals surface area contributed by atoms with Crippen molar-refractivity contribution in [1.29, 1.82) is 0 Å². The number of likely N-dealkylation sites (tertiary alicyclic amines) is 1. The molecule has 0 bridgehead atoms. The van der Waals surface area contributed by atoms with Gasteiger partial charge in [0.2, 0.25) is 0 Å². The first-order valence-electron chi connectivity index (χ1n) is 5.23. The van der Waals surface area contributed by atoms with Crippen LogP contribution in [0.2, 0.25) is 0 Å². The fraction of sp³-hybridized carbons (Fsp3) is 0.727. The second-order valence-corrected chi connectivity index (χ2v) is 3.74. The van der Waals surface area contributed by atoms with E-state index in [4.69, 9.17) is 16.3 Å². The van der Waals surface area contributed by atoms with Gasteiger partial charge in [0.05, 0.1) is 12.6 Å². The van der Waals surface area contributed by atoms with Crippen LogP contribution in [0.4, 0.5) is 0 Å². The van der Waals surface area contributed by atoms with Crippen LogP contribution in [-0.4, -0.2) is 59.5 Å². The van der Waals surface area contributed by atoms with Crippen LogP contribution in [0, 0.1) is 12.3 Å². The number of carbonyl (C=O) groups excluding carboxylic acids is 1. The van der Waals surface area contributed by atoms with E-state index >= 15 is 0 Å². The van der Waals surface area contributed by atoms with Crippen LogP contribution in [0.15, 0.2) is 0 Å². The highest BCUT2D eigenvalue weighted by Gasteiger charge is 2.50. The summed E-state index contributed by atoms with van der Waals surface area (Å²) in [6, 6.07) is -0.458. The Morgan fingerprint density at radius 2 is 2.38 bits per heavy atom. The lowest BCUT2D eigenvalue weighted by molar-refractivity contribution is -0.182. The van der Waals surface area contributed by atoms with E-state index < -0.39 is 18.2 Å². The molecule has 1 heterocycles. The van der Waals surface area contributed by atoms with Crippen molar-refractivity contribution in [3.05, 3.63) is 0 Å². The van der Waals surface area contributed by atoms with Gasteiger partial charge >= 0.3 is 0 Å². The van der Waals surface area contributed by atoms with Gasteiger partial charge in [0, 0.05) is 20.1 Å². The lowest BCUT2D eigenvalue weighted by Gasteiger charge is -2.47. The Morgan fingerprint density at radius 1 is 1.69 bits per heavy atom. The maximum atomic E-state index is 11.6. The van der Waals surface area contributed by atoms with Gasteiger partial charge in [-0.2, -0.15) is 0 Å². The Morgan fingerprint density at radius 3 is 2.88 bits per heavy atom. The Labute approximate surface area is 95.0 Å². The van der Waals surface area contributed by atoms with Crippen LogP contribution < -0.4 is 0 Å². The van der Waals surface area contributed by atoms with E-state index in [9.17, 15) is 9.90 Å². The molecule has 1 fully saturated rings. The second-order valence-electron chi connectivity index (χ2n) is 3.74. The molecule has 0 aromatic rings. The fourth-order valence-electron chi connectivity index (χ4n) is 1.91. The monoisotopic (exact) mass is 227 g/mol. The molecule has 1 saturated heterocycles. The molecule has 5 heteroatoms. The molecule has 90 valence electrons. The predicted molar refractivity (Wildman–Crippen MR) is 57.5 cm³/mol. The molecule has 0 unspecified atom stereocenters. The van der Waals surface area contributed by atoms with Crippen LogP contribution in [0.25, 0.3) is 0 Å². The summed E-state index contributed by atoms with van der Waals surface area (Å²) in [6.07, 6.45) is 4.78. The number of methoxy groups -OCH3 is 1. The first-order valence-corrected chi connectivity index (χ1v) is 5.23. The third-order valence-corrected chi connectivity index (χ3v) is 2.75. The number of rotatable bonds is 6. The highest BCUT2D eigenvalue weighted by molar-refractivity contribution is 5.88. The zero-order valence-electron chi connectivity index (χ0n) is 9.30. The van der Waals surface area contributed by atoms with Gasteiger partial charge in [-0.1, -0.05) is 0 Å². The minimum Gasteiger partial charge on any atom is -0.394 e. The Bertz CT molecular complexity index is 286. The lowest BCUT2D eigenvalue weighted by atomic mass is 9.92. The van der Waals surface area contributed by atoms with Crippen molar-refractivity contribution in [2.45, 2.75) is 31.1 Å². The summed E-state index contributed by atoms with van der Waals surface area (Å²) in [5, 5.41) is 18.4. The number of β-lactam (4-membered cyclic amide) rings is 1. The molecular formula is C11H17NO4. The van der Waals surface area contributed by atoms with Gasteiger partial charge in [0.15, 0.2) is 6.10 Å².